The van der Waals surface area contributed by atoms with Crippen LogP contribution in [0, 0.1) is 0 Å². The molecule has 2 N–H and O–H groups in total. The molecule has 4 heteroatoms. The Morgan fingerprint density at radius 1 is 1.00 bits per heavy atom. The van der Waals surface area contributed by atoms with Gasteiger partial charge in [-0.05, 0) is 11.1 Å². The van der Waals surface area contributed by atoms with Crippen LogP contribution < -0.4 is 10.6 Å². The molecule has 110 valence electrons. The van der Waals surface area contributed by atoms with Gasteiger partial charge in [0.2, 0.25) is 0 Å². The van der Waals surface area contributed by atoms with Crippen molar-refractivity contribution in [3.63, 3.8) is 0 Å². The molecular formula is C17H20N2O2. The molecule has 0 aliphatic rings. The maximum Gasteiger partial charge on any atom is 0.315 e. The normalized spacial score (nSPS) is 10.4. The third-order valence-electron chi connectivity index (χ3n) is 3.13. The second kappa shape index (κ2) is 8.07. The Hall–Kier alpha value is -2.33. The minimum absolute atomic E-state index is 0.171. The van der Waals surface area contributed by atoms with Crippen LogP contribution in [0.3, 0.4) is 0 Å². The van der Waals surface area contributed by atoms with Crippen molar-refractivity contribution in [3.8, 4) is 0 Å². The van der Waals surface area contributed by atoms with Crippen molar-refractivity contribution in [2.24, 2.45) is 0 Å². The van der Waals surface area contributed by atoms with Crippen molar-refractivity contribution < 1.29 is 9.53 Å². The molecule has 0 radical (unpaired) electrons. The molecule has 0 saturated carbocycles. The number of methoxy groups -OCH3 is 1. The van der Waals surface area contributed by atoms with Crippen molar-refractivity contribution in [1.29, 1.82) is 0 Å². The lowest BCUT2D eigenvalue weighted by Crippen LogP contribution is -2.39. The van der Waals surface area contributed by atoms with E-state index in [9.17, 15) is 4.79 Å². The Balaban J connectivity index is 2.12. The minimum Gasteiger partial charge on any atom is -0.383 e. The predicted molar refractivity (Wildman–Crippen MR) is 83.1 cm³/mol. The van der Waals surface area contributed by atoms with Gasteiger partial charge in [0.05, 0.1) is 12.6 Å². The van der Waals surface area contributed by atoms with E-state index in [0.717, 1.165) is 11.1 Å². The first kappa shape index (κ1) is 15.1. The van der Waals surface area contributed by atoms with Crippen LogP contribution in [0.2, 0.25) is 0 Å². The predicted octanol–water partition coefficient (Wildman–Crippen LogP) is 2.72. The molecular weight excluding hydrogens is 264 g/mol. The van der Waals surface area contributed by atoms with E-state index in [0.29, 0.717) is 13.2 Å². The van der Waals surface area contributed by atoms with Gasteiger partial charge in [-0.2, -0.15) is 0 Å². The van der Waals surface area contributed by atoms with E-state index in [-0.39, 0.29) is 12.1 Å². The molecule has 0 atom stereocenters. The number of rotatable bonds is 6. The van der Waals surface area contributed by atoms with Crippen molar-refractivity contribution in [2.75, 3.05) is 20.3 Å². The molecule has 0 aliphatic heterocycles. The molecule has 0 aliphatic carbocycles. The Kier molecular flexibility index (Phi) is 5.79. The number of ether oxygens (including phenoxy) is 1. The minimum atomic E-state index is -0.204. The topological polar surface area (TPSA) is 50.4 Å². The van der Waals surface area contributed by atoms with Gasteiger partial charge in [-0.3, -0.25) is 0 Å². The summed E-state index contributed by atoms with van der Waals surface area (Å²) in [6.45, 7) is 0.980. The summed E-state index contributed by atoms with van der Waals surface area (Å²) in [5.41, 5.74) is 2.09. The van der Waals surface area contributed by atoms with Crippen LogP contribution in [0.15, 0.2) is 60.7 Å². The third kappa shape index (κ3) is 4.61. The van der Waals surface area contributed by atoms with Crippen LogP contribution in [-0.4, -0.2) is 26.3 Å². The summed E-state index contributed by atoms with van der Waals surface area (Å²) >= 11 is 0. The highest BCUT2D eigenvalue weighted by Gasteiger charge is 2.15. The van der Waals surface area contributed by atoms with Gasteiger partial charge < -0.3 is 15.4 Å². The first-order valence-corrected chi connectivity index (χ1v) is 6.94. The summed E-state index contributed by atoms with van der Waals surface area (Å²) in [6.07, 6.45) is 0. The molecule has 0 fully saturated rings. The summed E-state index contributed by atoms with van der Waals surface area (Å²) < 4.78 is 4.92. The Bertz CT molecular complexity index is 504. The zero-order valence-corrected chi connectivity index (χ0v) is 12.1. The van der Waals surface area contributed by atoms with Crippen molar-refractivity contribution in [3.05, 3.63) is 71.8 Å². The Morgan fingerprint density at radius 3 is 2.00 bits per heavy atom. The molecule has 0 saturated heterocycles. The second-order valence-corrected chi connectivity index (χ2v) is 4.65. The molecule has 2 rings (SSSR count). The lowest BCUT2D eigenvalue weighted by atomic mass is 9.99. The van der Waals surface area contributed by atoms with E-state index >= 15 is 0 Å². The molecule has 0 heterocycles. The van der Waals surface area contributed by atoms with Gasteiger partial charge in [-0.1, -0.05) is 60.7 Å². The number of urea groups is 1. The molecule has 2 aromatic rings. The van der Waals surface area contributed by atoms with E-state index in [1.165, 1.54) is 0 Å². The quantitative estimate of drug-likeness (QED) is 0.801. The van der Waals surface area contributed by atoms with Gasteiger partial charge in [0.1, 0.15) is 0 Å². The van der Waals surface area contributed by atoms with Crippen molar-refractivity contribution in [1.82, 2.24) is 10.6 Å². The molecule has 2 aromatic carbocycles. The lowest BCUT2D eigenvalue weighted by Gasteiger charge is -2.20. The average Bonchev–Trinajstić information content (AvgIpc) is 2.54. The van der Waals surface area contributed by atoms with E-state index in [4.69, 9.17) is 4.74 Å². The van der Waals surface area contributed by atoms with E-state index in [1.807, 2.05) is 60.7 Å². The fraction of sp³-hybridized carbons (Fsp3) is 0.235. The van der Waals surface area contributed by atoms with Crippen LogP contribution in [0.1, 0.15) is 17.2 Å². The number of hydrogen-bond donors (Lipinski definition) is 2. The number of carbonyl (C=O) groups excluding carboxylic acids is 1. The monoisotopic (exact) mass is 284 g/mol. The lowest BCUT2D eigenvalue weighted by molar-refractivity contribution is 0.195. The Labute approximate surface area is 125 Å². The highest BCUT2D eigenvalue weighted by Crippen LogP contribution is 2.21. The summed E-state index contributed by atoms with van der Waals surface area (Å²) in [6, 6.07) is 19.5. The molecule has 0 bridgehead atoms. The third-order valence-corrected chi connectivity index (χ3v) is 3.13. The summed E-state index contributed by atoms with van der Waals surface area (Å²) in [7, 11) is 1.61. The summed E-state index contributed by atoms with van der Waals surface area (Å²) in [4.78, 5) is 12.0. The van der Waals surface area contributed by atoms with Crippen LogP contribution in [0.25, 0.3) is 0 Å². The van der Waals surface area contributed by atoms with Crippen LogP contribution in [0.5, 0.6) is 0 Å². The number of hydrogen-bond acceptors (Lipinski definition) is 2. The van der Waals surface area contributed by atoms with Gasteiger partial charge in [0.25, 0.3) is 0 Å². The smallest absolute Gasteiger partial charge is 0.315 e. The number of nitrogens with one attached hydrogen (secondary N) is 2. The first-order chi connectivity index (χ1) is 10.3. The average molecular weight is 284 g/mol. The molecule has 21 heavy (non-hydrogen) atoms. The maximum atomic E-state index is 12.0. The maximum absolute atomic E-state index is 12.0. The van der Waals surface area contributed by atoms with E-state index in [2.05, 4.69) is 10.6 Å². The van der Waals surface area contributed by atoms with Gasteiger partial charge in [0.15, 0.2) is 0 Å². The molecule has 2 amide bonds. The molecule has 0 aromatic heterocycles. The highest BCUT2D eigenvalue weighted by atomic mass is 16.5. The summed E-state index contributed by atoms with van der Waals surface area (Å²) in [5, 5.41) is 5.78. The van der Waals surface area contributed by atoms with Crippen LogP contribution in [-0.2, 0) is 4.74 Å². The fourth-order valence-electron chi connectivity index (χ4n) is 2.10. The van der Waals surface area contributed by atoms with Crippen molar-refractivity contribution in [2.45, 2.75) is 6.04 Å². The van der Waals surface area contributed by atoms with Crippen LogP contribution in [0.4, 0.5) is 4.79 Å². The Morgan fingerprint density at radius 2 is 1.52 bits per heavy atom. The zero-order valence-electron chi connectivity index (χ0n) is 12.1. The molecule has 0 unspecified atom stereocenters. The fourth-order valence-corrected chi connectivity index (χ4v) is 2.10. The van der Waals surface area contributed by atoms with Gasteiger partial charge in [-0.25, -0.2) is 4.79 Å². The van der Waals surface area contributed by atoms with Crippen LogP contribution >= 0.6 is 0 Å². The standard InChI is InChI=1S/C17H20N2O2/c1-21-13-12-18-17(20)19-16(14-8-4-2-5-9-14)15-10-6-3-7-11-15/h2-11,16H,12-13H2,1H3,(H2,18,19,20). The highest BCUT2D eigenvalue weighted by molar-refractivity contribution is 5.75. The largest absolute Gasteiger partial charge is 0.383 e. The van der Waals surface area contributed by atoms with E-state index in [1.54, 1.807) is 7.11 Å². The SMILES string of the molecule is COCCNC(=O)NC(c1ccccc1)c1ccccc1. The number of benzene rings is 2. The number of carbonyl (C=O) groups is 1. The second-order valence-electron chi connectivity index (χ2n) is 4.65. The zero-order chi connectivity index (χ0) is 14.9. The van der Waals surface area contributed by atoms with E-state index < -0.39 is 0 Å². The summed E-state index contributed by atoms with van der Waals surface area (Å²) in [5.74, 6) is 0. The van der Waals surface area contributed by atoms with Gasteiger partial charge in [0, 0.05) is 13.7 Å². The van der Waals surface area contributed by atoms with Gasteiger partial charge >= 0.3 is 6.03 Å². The molecule has 0 spiro atoms. The first-order valence-electron chi connectivity index (χ1n) is 6.94. The van der Waals surface area contributed by atoms with Gasteiger partial charge in [-0.15, -0.1) is 0 Å². The number of amides is 2. The molecule has 4 nitrogen and oxygen atoms in total. The van der Waals surface area contributed by atoms with Crippen molar-refractivity contribution >= 4 is 6.03 Å².